The fourth-order valence-electron chi connectivity index (χ4n) is 1.70. The van der Waals surface area contributed by atoms with Gasteiger partial charge in [0.05, 0.1) is 18.2 Å². The largest absolute Gasteiger partial charge is 0.377 e. The van der Waals surface area contributed by atoms with Crippen molar-refractivity contribution < 1.29 is 4.74 Å². The first-order valence-electron chi connectivity index (χ1n) is 5.75. The van der Waals surface area contributed by atoms with Gasteiger partial charge in [-0.2, -0.15) is 5.26 Å². The normalized spacial score (nSPS) is 17.9. The summed E-state index contributed by atoms with van der Waals surface area (Å²) in [6.45, 7) is 1.69. The van der Waals surface area contributed by atoms with Crippen LogP contribution in [0.2, 0.25) is 0 Å². The van der Waals surface area contributed by atoms with E-state index in [1.807, 2.05) is 24.3 Å². The van der Waals surface area contributed by atoms with E-state index in [0.29, 0.717) is 0 Å². The van der Waals surface area contributed by atoms with Gasteiger partial charge in [-0.25, -0.2) is 0 Å². The minimum atomic E-state index is 0.720. The van der Waals surface area contributed by atoms with Crippen molar-refractivity contribution >= 4 is 11.8 Å². The predicted molar refractivity (Wildman–Crippen MR) is 70.6 cm³/mol. The molecule has 1 aliphatic heterocycles. The lowest BCUT2D eigenvalue weighted by molar-refractivity contribution is 0.130. The molecule has 0 spiro atoms. The van der Waals surface area contributed by atoms with E-state index < -0.39 is 0 Å². The highest BCUT2D eigenvalue weighted by molar-refractivity contribution is 8.01. The monoisotopic (exact) mass is 245 g/mol. The molecule has 1 saturated heterocycles. The van der Waals surface area contributed by atoms with E-state index in [4.69, 9.17) is 10.00 Å². The lowest BCUT2D eigenvalue weighted by Gasteiger charge is -2.14. The Bertz CT molecular complexity index is 423. The average Bonchev–Trinajstić information content (AvgIpc) is 2.41. The van der Waals surface area contributed by atoms with Crippen LogP contribution in [0.15, 0.2) is 35.2 Å². The fraction of sp³-hybridized carbons (Fsp3) is 0.357. The molecule has 0 saturated carbocycles. The van der Waals surface area contributed by atoms with Crippen molar-refractivity contribution in [2.75, 3.05) is 13.2 Å². The Morgan fingerprint density at radius 2 is 2.18 bits per heavy atom. The molecule has 2 nitrogen and oxygen atoms in total. The van der Waals surface area contributed by atoms with Gasteiger partial charge >= 0.3 is 0 Å². The first kappa shape index (κ1) is 12.2. The minimum Gasteiger partial charge on any atom is -0.377 e. The molecule has 0 unspecified atom stereocenters. The summed E-state index contributed by atoms with van der Waals surface area (Å²) in [7, 11) is 0. The molecule has 0 aliphatic carbocycles. The highest BCUT2D eigenvalue weighted by atomic mass is 32.2. The molecule has 0 aromatic heterocycles. The zero-order valence-electron chi connectivity index (χ0n) is 9.69. The Labute approximate surface area is 106 Å². The van der Waals surface area contributed by atoms with Gasteiger partial charge in [-0.15, -0.1) is 11.8 Å². The second-order valence-corrected chi connectivity index (χ2v) is 4.91. The maximum atomic E-state index is 8.70. The number of ether oxygens (including phenoxy) is 1. The molecule has 1 heterocycles. The lowest BCUT2D eigenvalue weighted by Crippen LogP contribution is -2.07. The third kappa shape index (κ3) is 3.92. The molecule has 0 radical (unpaired) electrons. The van der Waals surface area contributed by atoms with Gasteiger partial charge < -0.3 is 4.74 Å². The van der Waals surface area contributed by atoms with Crippen LogP contribution < -0.4 is 0 Å². The average molecular weight is 245 g/mol. The van der Waals surface area contributed by atoms with Gasteiger partial charge in [0.1, 0.15) is 0 Å². The first-order valence-corrected chi connectivity index (χ1v) is 6.79. The second-order valence-electron chi connectivity index (χ2n) is 4.05. The molecule has 2 rings (SSSR count). The molecule has 17 heavy (non-hydrogen) atoms. The van der Waals surface area contributed by atoms with E-state index in [9.17, 15) is 0 Å². The van der Waals surface area contributed by atoms with Crippen LogP contribution in [0.25, 0.3) is 0 Å². The summed E-state index contributed by atoms with van der Waals surface area (Å²) in [5.74, 6) is 0.954. The van der Waals surface area contributed by atoms with Crippen LogP contribution in [-0.4, -0.2) is 13.2 Å². The Hall–Kier alpha value is -1.24. The predicted octanol–water partition coefficient (Wildman–Crippen LogP) is 3.49. The van der Waals surface area contributed by atoms with Crippen LogP contribution in [0, 0.1) is 11.3 Å². The molecule has 0 atom stereocenters. The number of benzene rings is 1. The molecule has 1 aromatic carbocycles. The van der Waals surface area contributed by atoms with E-state index >= 15 is 0 Å². The van der Waals surface area contributed by atoms with Gasteiger partial charge in [0, 0.05) is 12.4 Å². The summed E-state index contributed by atoms with van der Waals surface area (Å²) in [5, 5.41) is 10.9. The number of rotatable bonds is 3. The highest BCUT2D eigenvalue weighted by Gasteiger charge is 2.04. The third-order valence-electron chi connectivity index (χ3n) is 2.66. The van der Waals surface area contributed by atoms with Crippen LogP contribution in [0.4, 0.5) is 0 Å². The molecule has 0 N–H and O–H groups in total. The van der Waals surface area contributed by atoms with Crippen molar-refractivity contribution in [2.45, 2.75) is 18.6 Å². The van der Waals surface area contributed by atoms with Gasteiger partial charge in [0.15, 0.2) is 0 Å². The summed E-state index contributed by atoms with van der Waals surface area (Å²) >= 11 is 1.80. The molecular weight excluding hydrogens is 230 g/mol. The van der Waals surface area contributed by atoms with Crippen molar-refractivity contribution in [3.8, 4) is 6.07 Å². The molecule has 0 bridgehead atoms. The van der Waals surface area contributed by atoms with Gasteiger partial charge in [-0.05, 0) is 41.5 Å². The topological polar surface area (TPSA) is 33.0 Å². The van der Waals surface area contributed by atoms with E-state index in [1.165, 1.54) is 17.6 Å². The standard InChI is InChI=1S/C14H15NOS/c15-8-12-3-5-13(6-4-12)10-17-11-14-2-1-7-16-9-14/h3-6,11H,1-2,7,9-10H2/b14-11+. The van der Waals surface area contributed by atoms with Crippen LogP contribution in [0.1, 0.15) is 24.0 Å². The van der Waals surface area contributed by atoms with Crippen LogP contribution in [0.5, 0.6) is 0 Å². The maximum Gasteiger partial charge on any atom is 0.0991 e. The molecular formula is C14H15NOS. The minimum absolute atomic E-state index is 0.720. The molecule has 1 aliphatic rings. The number of nitrogens with zero attached hydrogens (tertiary/aromatic N) is 1. The third-order valence-corrected chi connectivity index (χ3v) is 3.66. The molecule has 3 heteroatoms. The van der Waals surface area contributed by atoms with Crippen LogP contribution in [0.3, 0.4) is 0 Å². The molecule has 1 fully saturated rings. The number of hydrogen-bond acceptors (Lipinski definition) is 3. The number of hydrogen-bond donors (Lipinski definition) is 0. The van der Waals surface area contributed by atoms with Crippen molar-refractivity contribution in [3.63, 3.8) is 0 Å². The first-order chi connectivity index (χ1) is 8.38. The smallest absolute Gasteiger partial charge is 0.0991 e. The lowest BCUT2D eigenvalue weighted by atomic mass is 10.1. The Kier molecular flexibility index (Phi) is 4.66. The summed E-state index contributed by atoms with van der Waals surface area (Å²) < 4.78 is 5.40. The van der Waals surface area contributed by atoms with Crippen LogP contribution in [-0.2, 0) is 10.5 Å². The SMILES string of the molecule is N#Cc1ccc(CS/C=C2\CCCOC2)cc1. The number of thioether (sulfide) groups is 1. The fourth-order valence-corrected chi connectivity index (χ4v) is 2.59. The van der Waals surface area contributed by atoms with E-state index in [-0.39, 0.29) is 0 Å². The van der Waals surface area contributed by atoms with E-state index in [0.717, 1.165) is 31.0 Å². The molecule has 1 aromatic rings. The zero-order chi connectivity index (χ0) is 11.9. The van der Waals surface area contributed by atoms with Gasteiger partial charge in [-0.1, -0.05) is 12.1 Å². The Balaban J connectivity index is 1.83. The summed E-state index contributed by atoms with van der Waals surface area (Å²) in [4.78, 5) is 0. The van der Waals surface area contributed by atoms with Crippen molar-refractivity contribution in [1.82, 2.24) is 0 Å². The van der Waals surface area contributed by atoms with E-state index in [2.05, 4.69) is 11.5 Å². The van der Waals surface area contributed by atoms with Crippen LogP contribution >= 0.6 is 11.8 Å². The van der Waals surface area contributed by atoms with Crippen molar-refractivity contribution in [3.05, 3.63) is 46.4 Å². The summed E-state index contributed by atoms with van der Waals surface area (Å²) in [6.07, 6.45) is 2.31. The Morgan fingerprint density at radius 1 is 1.35 bits per heavy atom. The summed E-state index contributed by atoms with van der Waals surface area (Å²) in [5.41, 5.74) is 3.37. The molecule has 88 valence electrons. The van der Waals surface area contributed by atoms with Crippen molar-refractivity contribution in [1.29, 1.82) is 5.26 Å². The summed E-state index contributed by atoms with van der Waals surface area (Å²) in [6, 6.07) is 9.89. The highest BCUT2D eigenvalue weighted by Crippen LogP contribution is 2.20. The Morgan fingerprint density at radius 3 is 2.82 bits per heavy atom. The van der Waals surface area contributed by atoms with Crippen molar-refractivity contribution in [2.24, 2.45) is 0 Å². The van der Waals surface area contributed by atoms with Gasteiger partial charge in [-0.3, -0.25) is 0 Å². The van der Waals surface area contributed by atoms with Gasteiger partial charge in [0.2, 0.25) is 0 Å². The number of nitriles is 1. The second kappa shape index (κ2) is 6.48. The maximum absolute atomic E-state index is 8.70. The molecule has 0 amide bonds. The quantitative estimate of drug-likeness (QED) is 0.817. The van der Waals surface area contributed by atoms with Gasteiger partial charge in [0.25, 0.3) is 0 Å². The zero-order valence-corrected chi connectivity index (χ0v) is 10.5. The van der Waals surface area contributed by atoms with E-state index in [1.54, 1.807) is 11.8 Å².